The third-order valence-electron chi connectivity index (χ3n) is 20.2. The number of piperidine rings is 1. The second kappa shape index (κ2) is 21.1. The van der Waals surface area contributed by atoms with Gasteiger partial charge in [-0.05, 0) is 111 Å². The van der Waals surface area contributed by atoms with E-state index < -0.39 is 143 Å². The van der Waals surface area contributed by atoms with Crippen LogP contribution in [-0.2, 0) is 42.6 Å². The van der Waals surface area contributed by atoms with Gasteiger partial charge in [0.2, 0.25) is 0 Å². The van der Waals surface area contributed by atoms with E-state index >= 15 is 0 Å². The molecule has 6 aliphatic heterocycles. The maximum absolute atomic E-state index is 11.8. The predicted octanol–water partition coefficient (Wildman–Crippen LogP) is -2.70. The first-order chi connectivity index (χ1) is 34.3. The topological polar surface area (TPSA) is 338 Å². The van der Waals surface area contributed by atoms with Crippen molar-refractivity contribution >= 4 is 0 Å². The summed E-state index contributed by atoms with van der Waals surface area (Å²) >= 11 is 0. The van der Waals surface area contributed by atoms with Crippen molar-refractivity contribution in [2.45, 2.75) is 227 Å². The van der Waals surface area contributed by atoms with Crippen LogP contribution in [0.15, 0.2) is 0 Å². The summed E-state index contributed by atoms with van der Waals surface area (Å²) in [7, 11) is 0. The largest absolute Gasteiger partial charge is 0.394 e. The fraction of sp³-hybridized carbons (Fsp3) is 1.00. The third-order valence-corrected chi connectivity index (χ3v) is 20.2. The molecule has 10 rings (SSSR count). The van der Waals surface area contributed by atoms with Crippen molar-refractivity contribution in [1.82, 2.24) is 5.32 Å². The lowest BCUT2D eigenvalue weighted by atomic mass is 9.44. The number of aliphatic hydroxyl groups is 12. The highest BCUT2D eigenvalue weighted by Gasteiger charge is 2.69. The summed E-state index contributed by atoms with van der Waals surface area (Å²) in [6.07, 6.45) is -22.4. The van der Waals surface area contributed by atoms with Crippen LogP contribution >= 0.6 is 0 Å². The Morgan fingerprint density at radius 1 is 0.542 bits per heavy atom. The molecule has 414 valence electrons. The number of fused-ring (bicyclic) bond motifs is 7. The number of hydrogen-bond acceptors (Lipinski definition) is 22. The molecule has 29 unspecified atom stereocenters. The number of ether oxygens (including phenoxy) is 9. The first kappa shape index (κ1) is 54.5. The van der Waals surface area contributed by atoms with Crippen LogP contribution < -0.4 is 5.32 Å². The van der Waals surface area contributed by atoms with E-state index in [-0.39, 0.29) is 28.8 Å². The molecule has 13 N–H and O–H groups in total. The van der Waals surface area contributed by atoms with Gasteiger partial charge in [-0.2, -0.15) is 0 Å². The molecule has 4 aliphatic carbocycles. The summed E-state index contributed by atoms with van der Waals surface area (Å²) in [5.41, 5.74) is 0.147. The first-order valence-corrected chi connectivity index (χ1v) is 26.8. The second-order valence-corrected chi connectivity index (χ2v) is 24.0. The summed E-state index contributed by atoms with van der Waals surface area (Å²) in [6.45, 7) is 7.84. The molecule has 0 amide bonds. The van der Waals surface area contributed by atoms with Gasteiger partial charge in [0.25, 0.3) is 0 Å². The molecule has 0 aromatic rings. The lowest BCUT2D eigenvalue weighted by Crippen LogP contribution is -2.68. The SMILES string of the molecule is CC1CCC2(NC1)OC1CC3C4CCC5CC(OC6OC(CO)C(OC7OC(CO)C(O)C(OC8OCC(O)C(O)C8O)C7OC7OC(CO)C(O)C(O)C7O)C(O)C6O)CC[C@]5(C)C4CC[C@]3(C)C1C2C. The molecular formula is C50H83NO21. The minimum absolute atomic E-state index is 0.104. The number of rotatable bonds is 11. The molecular weight excluding hydrogens is 951 g/mol. The molecule has 31 atom stereocenters. The normalized spacial score (nSPS) is 57.8. The van der Waals surface area contributed by atoms with E-state index in [1.165, 1.54) is 19.3 Å². The fourth-order valence-corrected chi connectivity index (χ4v) is 16.1. The van der Waals surface area contributed by atoms with Crippen LogP contribution in [-0.4, -0.2) is 229 Å². The summed E-state index contributed by atoms with van der Waals surface area (Å²) in [6, 6.07) is 0. The molecule has 72 heavy (non-hydrogen) atoms. The van der Waals surface area contributed by atoms with Crippen molar-refractivity contribution in [2.24, 2.45) is 52.3 Å². The minimum Gasteiger partial charge on any atom is -0.394 e. The molecule has 1 spiro atoms. The van der Waals surface area contributed by atoms with Crippen molar-refractivity contribution < 1.29 is 104 Å². The molecule has 22 nitrogen and oxygen atoms in total. The summed E-state index contributed by atoms with van der Waals surface area (Å²) in [4.78, 5) is 0. The van der Waals surface area contributed by atoms with Crippen LogP contribution in [0, 0.1) is 52.3 Å². The van der Waals surface area contributed by atoms with Crippen LogP contribution in [0.1, 0.15) is 91.9 Å². The first-order valence-electron chi connectivity index (χ1n) is 26.8. The molecule has 0 radical (unpaired) electrons. The van der Waals surface area contributed by atoms with Gasteiger partial charge in [0.05, 0.1) is 38.6 Å². The summed E-state index contributed by atoms with van der Waals surface area (Å²) < 4.78 is 55.0. The number of aliphatic hydroxyl groups excluding tert-OH is 12. The van der Waals surface area contributed by atoms with Gasteiger partial charge in [0.15, 0.2) is 25.2 Å². The predicted molar refractivity (Wildman–Crippen MR) is 244 cm³/mol. The van der Waals surface area contributed by atoms with Gasteiger partial charge < -0.3 is 104 Å². The number of hydrogen-bond donors (Lipinski definition) is 13. The van der Waals surface area contributed by atoms with Crippen molar-refractivity contribution in [3.63, 3.8) is 0 Å². The zero-order valence-electron chi connectivity index (χ0n) is 41.8. The highest BCUT2D eigenvalue weighted by molar-refractivity contribution is 5.16. The zero-order valence-corrected chi connectivity index (χ0v) is 41.8. The Morgan fingerprint density at radius 2 is 1.17 bits per heavy atom. The van der Waals surface area contributed by atoms with Crippen molar-refractivity contribution in [2.75, 3.05) is 33.0 Å². The van der Waals surface area contributed by atoms with Gasteiger partial charge in [0, 0.05) is 12.5 Å². The maximum Gasteiger partial charge on any atom is 0.187 e. The van der Waals surface area contributed by atoms with Crippen LogP contribution in [0.2, 0.25) is 0 Å². The second-order valence-electron chi connectivity index (χ2n) is 24.0. The lowest BCUT2D eigenvalue weighted by Gasteiger charge is -2.61. The average Bonchev–Trinajstić information content (AvgIpc) is 3.82. The molecule has 4 saturated carbocycles. The molecule has 6 saturated heterocycles. The minimum atomic E-state index is -1.99. The van der Waals surface area contributed by atoms with E-state index in [4.69, 9.17) is 42.6 Å². The molecule has 10 fully saturated rings. The third kappa shape index (κ3) is 9.26. The number of nitrogens with one attached hydrogen (secondary N) is 1. The standard InChI is InChI=1S/C50H83NO21/c1-20-7-12-50(51-15-20)21(2)32-28(72-50)14-26-24-6-5-22-13-23(8-10-48(22,3)25(24)9-11-49(26,32)4)65-45-40(63)37(60)41(31(18-54)68-45)69-47-43(71-46-39(62)36(59)34(57)29(16-52)66-46)42(35(58)30(17-53)67-47)70-44-38(61)33(56)27(55)19-64-44/h20-47,51-63H,5-19H2,1-4H3/t20?,21?,22?,23?,24?,25?,26?,27?,28?,29?,30?,31?,32?,33?,34?,35?,36?,37?,38?,39?,40?,41?,42?,43?,44?,45?,46?,47?,48-,49-,50?/m0/s1. The van der Waals surface area contributed by atoms with E-state index in [0.29, 0.717) is 47.8 Å². The van der Waals surface area contributed by atoms with Gasteiger partial charge in [-0.25, -0.2) is 0 Å². The summed E-state index contributed by atoms with van der Waals surface area (Å²) in [5.74, 6) is 3.87. The lowest BCUT2D eigenvalue weighted by molar-refractivity contribution is -0.404. The quantitative estimate of drug-likeness (QED) is 0.0937. The Bertz CT molecular complexity index is 1830. The van der Waals surface area contributed by atoms with Crippen LogP contribution in [0.3, 0.4) is 0 Å². The van der Waals surface area contributed by atoms with Gasteiger partial charge in [0.1, 0.15) is 97.3 Å². The van der Waals surface area contributed by atoms with Gasteiger partial charge in [-0.15, -0.1) is 0 Å². The van der Waals surface area contributed by atoms with E-state index in [2.05, 4.69) is 33.0 Å². The average molecular weight is 1030 g/mol. The maximum atomic E-state index is 11.8. The summed E-state index contributed by atoms with van der Waals surface area (Å²) in [5, 5.41) is 133. The van der Waals surface area contributed by atoms with Crippen molar-refractivity contribution in [3.8, 4) is 0 Å². The highest BCUT2D eigenvalue weighted by atomic mass is 16.8. The molecule has 6 heterocycles. The van der Waals surface area contributed by atoms with Crippen LogP contribution in [0.25, 0.3) is 0 Å². The Hall–Kier alpha value is -0.880. The van der Waals surface area contributed by atoms with Gasteiger partial charge >= 0.3 is 0 Å². The molecule has 0 bridgehead atoms. The molecule has 22 heteroatoms. The van der Waals surface area contributed by atoms with E-state index in [1.807, 2.05) is 0 Å². The Kier molecular flexibility index (Phi) is 15.9. The van der Waals surface area contributed by atoms with Gasteiger partial charge in [-0.3, -0.25) is 5.32 Å². The zero-order chi connectivity index (χ0) is 51.3. The highest BCUT2D eigenvalue weighted by Crippen LogP contribution is 2.71. The molecule has 0 aromatic carbocycles. The van der Waals surface area contributed by atoms with Crippen molar-refractivity contribution in [1.29, 1.82) is 0 Å². The Balaban J connectivity index is 0.812. The van der Waals surface area contributed by atoms with Gasteiger partial charge in [-0.1, -0.05) is 27.7 Å². The van der Waals surface area contributed by atoms with Crippen LogP contribution in [0.5, 0.6) is 0 Å². The van der Waals surface area contributed by atoms with E-state index in [0.717, 1.165) is 45.1 Å². The van der Waals surface area contributed by atoms with E-state index in [1.54, 1.807) is 0 Å². The Labute approximate surface area is 420 Å². The van der Waals surface area contributed by atoms with Crippen molar-refractivity contribution in [3.05, 3.63) is 0 Å². The molecule has 0 aromatic heterocycles. The fourth-order valence-electron chi connectivity index (χ4n) is 16.1. The van der Waals surface area contributed by atoms with E-state index in [9.17, 15) is 61.3 Å². The Morgan fingerprint density at radius 3 is 1.88 bits per heavy atom. The molecule has 10 aliphatic rings. The van der Waals surface area contributed by atoms with Crippen LogP contribution in [0.4, 0.5) is 0 Å². The smallest absolute Gasteiger partial charge is 0.187 e. The monoisotopic (exact) mass is 1030 g/mol.